The van der Waals surface area contributed by atoms with Crippen molar-refractivity contribution in [3.8, 4) is 0 Å². The number of fused-ring (bicyclic) bond motifs is 1. The van der Waals surface area contributed by atoms with Crippen LogP contribution in [0.4, 0.5) is 4.39 Å². The number of rotatable bonds is 3. The largest absolute Gasteiger partial charge is 0.360 e. The molecular weight excluding hydrogens is 215 g/mol. The van der Waals surface area contributed by atoms with Crippen molar-refractivity contribution >= 4 is 22.5 Å². The second kappa shape index (κ2) is 4.21. The van der Waals surface area contributed by atoms with Gasteiger partial charge in [0.1, 0.15) is 10.8 Å². The highest BCUT2D eigenvalue weighted by Gasteiger charge is 2.09. The molecule has 15 heavy (non-hydrogen) atoms. The number of nitrogens with two attached hydrogens (primary N) is 1. The van der Waals surface area contributed by atoms with Crippen LogP contribution in [0.2, 0.25) is 5.02 Å². The van der Waals surface area contributed by atoms with Crippen LogP contribution < -0.4 is 5.73 Å². The van der Waals surface area contributed by atoms with Crippen LogP contribution in [0.15, 0.2) is 18.3 Å². The molecule has 3 N–H and O–H groups in total. The lowest BCUT2D eigenvalue weighted by Gasteiger charge is -1.99. The zero-order valence-corrected chi connectivity index (χ0v) is 8.94. The molecule has 0 radical (unpaired) electrons. The molecule has 1 aromatic heterocycles. The highest BCUT2D eigenvalue weighted by Crippen LogP contribution is 2.28. The van der Waals surface area contributed by atoms with E-state index in [0.29, 0.717) is 12.1 Å². The van der Waals surface area contributed by atoms with Crippen LogP contribution in [-0.2, 0) is 6.42 Å². The Labute approximate surface area is 92.2 Å². The van der Waals surface area contributed by atoms with Crippen molar-refractivity contribution in [3.05, 3.63) is 34.7 Å². The Morgan fingerprint density at radius 1 is 1.40 bits per heavy atom. The maximum Gasteiger partial charge on any atom is 0.143 e. The molecule has 80 valence electrons. The molecule has 0 unspecified atom stereocenters. The Bertz CT molecular complexity index is 479. The number of aryl methyl sites for hydroxylation is 1. The Morgan fingerprint density at radius 3 is 2.93 bits per heavy atom. The first-order valence-electron chi connectivity index (χ1n) is 4.88. The van der Waals surface area contributed by atoms with Crippen LogP contribution in [0.1, 0.15) is 12.0 Å². The van der Waals surface area contributed by atoms with Gasteiger partial charge in [0.2, 0.25) is 0 Å². The Kier molecular flexibility index (Phi) is 2.93. The molecule has 1 heterocycles. The van der Waals surface area contributed by atoms with Crippen molar-refractivity contribution in [2.24, 2.45) is 5.73 Å². The molecule has 0 saturated carbocycles. The average Bonchev–Trinajstić information content (AvgIpc) is 2.64. The Hall–Kier alpha value is -1.06. The molecule has 0 aliphatic rings. The lowest BCUT2D eigenvalue weighted by atomic mass is 10.1. The molecule has 0 fully saturated rings. The summed E-state index contributed by atoms with van der Waals surface area (Å²) in [6.45, 7) is 0.654. The monoisotopic (exact) mass is 226 g/mol. The smallest absolute Gasteiger partial charge is 0.143 e. The molecule has 0 aliphatic carbocycles. The molecule has 0 bridgehead atoms. The summed E-state index contributed by atoms with van der Waals surface area (Å²) in [7, 11) is 0. The van der Waals surface area contributed by atoms with Gasteiger partial charge in [0, 0.05) is 11.6 Å². The van der Waals surface area contributed by atoms with E-state index in [0.717, 1.165) is 23.8 Å². The number of aromatic amines is 1. The van der Waals surface area contributed by atoms with Crippen molar-refractivity contribution in [2.75, 3.05) is 6.54 Å². The van der Waals surface area contributed by atoms with E-state index in [4.69, 9.17) is 17.3 Å². The first-order valence-corrected chi connectivity index (χ1v) is 5.26. The van der Waals surface area contributed by atoms with E-state index in [2.05, 4.69) is 4.98 Å². The number of nitrogens with one attached hydrogen (secondary N) is 1. The maximum atomic E-state index is 13.1. The van der Waals surface area contributed by atoms with Gasteiger partial charge >= 0.3 is 0 Å². The van der Waals surface area contributed by atoms with Crippen LogP contribution in [0.5, 0.6) is 0 Å². The first kappa shape index (κ1) is 10.5. The van der Waals surface area contributed by atoms with E-state index in [-0.39, 0.29) is 5.02 Å². The molecule has 0 atom stereocenters. The summed E-state index contributed by atoms with van der Waals surface area (Å²) in [6.07, 6.45) is 3.67. The lowest BCUT2D eigenvalue weighted by Crippen LogP contribution is -1.99. The maximum absolute atomic E-state index is 13.1. The zero-order chi connectivity index (χ0) is 10.8. The van der Waals surface area contributed by atoms with Crippen molar-refractivity contribution in [3.63, 3.8) is 0 Å². The summed E-state index contributed by atoms with van der Waals surface area (Å²) >= 11 is 5.84. The number of H-pyrrole nitrogens is 1. The van der Waals surface area contributed by atoms with Gasteiger partial charge in [-0.3, -0.25) is 0 Å². The quantitative estimate of drug-likeness (QED) is 0.830. The molecule has 2 aromatic rings. The summed E-state index contributed by atoms with van der Waals surface area (Å²) in [5.41, 5.74) is 7.25. The minimum absolute atomic E-state index is 0.159. The molecule has 0 aliphatic heterocycles. The van der Waals surface area contributed by atoms with Crippen LogP contribution in [0.25, 0.3) is 10.9 Å². The fraction of sp³-hybridized carbons (Fsp3) is 0.273. The van der Waals surface area contributed by atoms with Gasteiger partial charge in [-0.1, -0.05) is 11.6 Å². The van der Waals surface area contributed by atoms with Crippen LogP contribution in [0, 0.1) is 5.82 Å². The van der Waals surface area contributed by atoms with Gasteiger partial charge in [0.25, 0.3) is 0 Å². The standard InChI is InChI=1S/C11H12ClFN2/c12-10-9(13)4-3-8-7(2-1-5-14)6-15-11(8)10/h3-4,6,15H,1-2,5,14H2. The van der Waals surface area contributed by atoms with Crippen molar-refractivity contribution in [2.45, 2.75) is 12.8 Å². The van der Waals surface area contributed by atoms with E-state index in [1.165, 1.54) is 6.07 Å². The number of aromatic nitrogens is 1. The van der Waals surface area contributed by atoms with Crippen LogP contribution >= 0.6 is 11.6 Å². The van der Waals surface area contributed by atoms with Crippen LogP contribution in [0.3, 0.4) is 0 Å². The highest BCUT2D eigenvalue weighted by molar-refractivity contribution is 6.35. The topological polar surface area (TPSA) is 41.8 Å². The van der Waals surface area contributed by atoms with Crippen molar-refractivity contribution in [1.29, 1.82) is 0 Å². The summed E-state index contributed by atoms with van der Waals surface area (Å²) < 4.78 is 13.1. The lowest BCUT2D eigenvalue weighted by molar-refractivity contribution is 0.630. The average molecular weight is 227 g/mol. The SMILES string of the molecule is NCCCc1c[nH]c2c(Cl)c(F)ccc12. The molecule has 0 saturated heterocycles. The van der Waals surface area contributed by atoms with Gasteiger partial charge in [0.05, 0.1) is 5.52 Å². The third kappa shape index (κ3) is 1.85. The van der Waals surface area contributed by atoms with Crippen LogP contribution in [-0.4, -0.2) is 11.5 Å². The molecule has 2 nitrogen and oxygen atoms in total. The van der Waals surface area contributed by atoms with Crippen molar-refractivity contribution in [1.82, 2.24) is 4.98 Å². The number of hydrogen-bond acceptors (Lipinski definition) is 1. The Balaban J connectivity index is 2.47. The third-order valence-electron chi connectivity index (χ3n) is 2.48. The number of benzene rings is 1. The second-order valence-corrected chi connectivity index (χ2v) is 3.87. The molecule has 0 spiro atoms. The third-order valence-corrected chi connectivity index (χ3v) is 2.85. The van der Waals surface area contributed by atoms with E-state index >= 15 is 0 Å². The Morgan fingerprint density at radius 2 is 2.20 bits per heavy atom. The summed E-state index contributed by atoms with van der Waals surface area (Å²) in [4.78, 5) is 2.99. The van der Waals surface area contributed by atoms with Crippen molar-refractivity contribution < 1.29 is 4.39 Å². The van der Waals surface area contributed by atoms with Gasteiger partial charge in [-0.05, 0) is 37.1 Å². The van der Waals surface area contributed by atoms with E-state index in [1.807, 2.05) is 6.20 Å². The molecule has 2 rings (SSSR count). The fourth-order valence-electron chi connectivity index (χ4n) is 1.70. The van der Waals surface area contributed by atoms with Gasteiger partial charge in [0.15, 0.2) is 0 Å². The molecule has 4 heteroatoms. The normalized spacial score (nSPS) is 11.1. The first-order chi connectivity index (χ1) is 7.24. The minimum atomic E-state index is -0.392. The predicted molar refractivity (Wildman–Crippen MR) is 60.6 cm³/mol. The zero-order valence-electron chi connectivity index (χ0n) is 8.19. The number of hydrogen-bond donors (Lipinski definition) is 2. The second-order valence-electron chi connectivity index (χ2n) is 3.49. The minimum Gasteiger partial charge on any atom is -0.360 e. The van der Waals surface area contributed by atoms with Gasteiger partial charge in [-0.2, -0.15) is 0 Å². The van der Waals surface area contributed by atoms with E-state index < -0.39 is 5.82 Å². The summed E-state index contributed by atoms with van der Waals surface area (Å²) in [6, 6.07) is 3.14. The van der Waals surface area contributed by atoms with E-state index in [1.54, 1.807) is 6.07 Å². The predicted octanol–water partition coefficient (Wildman–Crippen LogP) is 2.85. The molecule has 0 amide bonds. The molecule has 1 aromatic carbocycles. The molecular formula is C11H12ClFN2. The van der Waals surface area contributed by atoms with E-state index in [9.17, 15) is 4.39 Å². The number of halogens is 2. The van der Waals surface area contributed by atoms with Gasteiger partial charge in [-0.25, -0.2) is 4.39 Å². The van der Waals surface area contributed by atoms with Gasteiger partial charge < -0.3 is 10.7 Å². The summed E-state index contributed by atoms with van der Waals surface area (Å²) in [5, 5.41) is 1.14. The van der Waals surface area contributed by atoms with Gasteiger partial charge in [-0.15, -0.1) is 0 Å². The summed E-state index contributed by atoms with van der Waals surface area (Å²) in [5.74, 6) is -0.392. The fourth-order valence-corrected chi connectivity index (χ4v) is 1.92. The highest BCUT2D eigenvalue weighted by atomic mass is 35.5.